The summed E-state index contributed by atoms with van der Waals surface area (Å²) < 4.78 is 14.7. The van der Waals surface area contributed by atoms with E-state index in [-0.39, 0.29) is 24.6 Å². The molecule has 9 nitrogen and oxygen atoms in total. The third kappa shape index (κ3) is 5.75. The van der Waals surface area contributed by atoms with E-state index in [2.05, 4.69) is 20.8 Å². The molecule has 156 valence electrons. The van der Waals surface area contributed by atoms with Crippen molar-refractivity contribution in [1.82, 2.24) is 20.5 Å². The molecule has 2 rings (SSSR count). The largest absolute Gasteiger partial charge is 0.357 e. The average molecular weight is 396 g/mol. The highest BCUT2D eigenvalue weighted by atomic mass is 19.1. The summed E-state index contributed by atoms with van der Waals surface area (Å²) in [7, 11) is 1.71. The topological polar surface area (TPSA) is 111 Å². The van der Waals surface area contributed by atoms with Crippen LogP contribution in [-0.2, 0) is 9.59 Å². The SMILES string of the molecule is CCN(C)c1nc(C)nc(NNC(=O)[C@@H](CC2CCCC2)CN(O)C=O)c1F. The maximum atomic E-state index is 14.7. The Kier molecular flexibility index (Phi) is 7.91. The summed E-state index contributed by atoms with van der Waals surface area (Å²) >= 11 is 0. The molecule has 1 aliphatic carbocycles. The lowest BCUT2D eigenvalue weighted by atomic mass is 9.92. The second-order valence-corrected chi connectivity index (χ2v) is 7.20. The van der Waals surface area contributed by atoms with Crippen LogP contribution in [0.5, 0.6) is 0 Å². The van der Waals surface area contributed by atoms with Gasteiger partial charge in [0.1, 0.15) is 5.82 Å². The van der Waals surface area contributed by atoms with Crippen molar-refractivity contribution in [3.8, 4) is 0 Å². The molecule has 0 aromatic carbocycles. The quantitative estimate of drug-likeness (QED) is 0.314. The maximum absolute atomic E-state index is 14.7. The van der Waals surface area contributed by atoms with Crippen LogP contribution >= 0.6 is 0 Å². The summed E-state index contributed by atoms with van der Waals surface area (Å²) in [6, 6.07) is 0. The first-order valence-corrected chi connectivity index (χ1v) is 9.57. The van der Waals surface area contributed by atoms with Crippen LogP contribution in [0.15, 0.2) is 0 Å². The van der Waals surface area contributed by atoms with Crippen molar-refractivity contribution >= 4 is 24.0 Å². The molecule has 3 N–H and O–H groups in total. The van der Waals surface area contributed by atoms with Gasteiger partial charge >= 0.3 is 0 Å². The predicted molar refractivity (Wildman–Crippen MR) is 102 cm³/mol. The van der Waals surface area contributed by atoms with Gasteiger partial charge in [-0.3, -0.25) is 25.6 Å². The van der Waals surface area contributed by atoms with E-state index in [4.69, 9.17) is 0 Å². The van der Waals surface area contributed by atoms with E-state index in [1.165, 1.54) is 0 Å². The van der Waals surface area contributed by atoms with Gasteiger partial charge in [0.05, 0.1) is 12.5 Å². The van der Waals surface area contributed by atoms with Crippen LogP contribution < -0.4 is 15.8 Å². The number of aromatic nitrogens is 2. The first-order chi connectivity index (χ1) is 13.3. The molecular formula is C18H29FN6O3. The van der Waals surface area contributed by atoms with Gasteiger partial charge in [-0.1, -0.05) is 25.7 Å². The van der Waals surface area contributed by atoms with Crippen molar-refractivity contribution in [1.29, 1.82) is 0 Å². The standard InChI is InChI=1S/C18H29FN6O3/c1-4-24(3)17-15(19)16(20-12(2)21-17)22-23-18(27)14(10-25(28)11-26)9-13-7-5-6-8-13/h11,13-14,28H,4-10H2,1-3H3,(H,23,27)(H,20,21,22)/t14-/m0/s1. The third-order valence-corrected chi connectivity index (χ3v) is 5.08. The minimum absolute atomic E-state index is 0.122. The summed E-state index contributed by atoms with van der Waals surface area (Å²) in [6.45, 7) is 3.94. The van der Waals surface area contributed by atoms with Crippen molar-refractivity contribution < 1.29 is 19.2 Å². The molecule has 1 aromatic heterocycles. The number of nitrogens with one attached hydrogen (secondary N) is 2. The maximum Gasteiger partial charge on any atom is 0.243 e. The minimum Gasteiger partial charge on any atom is -0.357 e. The number of rotatable bonds is 10. The van der Waals surface area contributed by atoms with E-state index in [9.17, 15) is 19.2 Å². The van der Waals surface area contributed by atoms with E-state index >= 15 is 0 Å². The zero-order valence-corrected chi connectivity index (χ0v) is 16.6. The Labute approximate surface area is 164 Å². The molecule has 10 heteroatoms. The highest BCUT2D eigenvalue weighted by molar-refractivity contribution is 5.80. The number of hydrogen-bond acceptors (Lipinski definition) is 7. The van der Waals surface area contributed by atoms with Gasteiger partial charge in [-0.2, -0.15) is 4.39 Å². The Bertz CT molecular complexity index is 684. The molecule has 1 aliphatic rings. The molecular weight excluding hydrogens is 367 g/mol. The number of hydroxylamine groups is 2. The Morgan fingerprint density at radius 2 is 2.07 bits per heavy atom. The first-order valence-electron chi connectivity index (χ1n) is 9.57. The van der Waals surface area contributed by atoms with Crippen molar-refractivity contribution in [2.24, 2.45) is 11.8 Å². The highest BCUT2D eigenvalue weighted by Crippen LogP contribution is 2.30. The van der Waals surface area contributed by atoms with Gasteiger partial charge in [0.2, 0.25) is 18.1 Å². The van der Waals surface area contributed by atoms with E-state index in [0.717, 1.165) is 25.7 Å². The summed E-state index contributed by atoms with van der Waals surface area (Å²) in [6.07, 6.45) is 5.10. The summed E-state index contributed by atoms with van der Waals surface area (Å²) in [5.41, 5.74) is 4.99. The molecule has 0 radical (unpaired) electrons. The van der Waals surface area contributed by atoms with Gasteiger partial charge in [0.25, 0.3) is 0 Å². The lowest BCUT2D eigenvalue weighted by Crippen LogP contribution is -2.41. The fourth-order valence-electron chi connectivity index (χ4n) is 3.43. The number of hydrogen-bond donors (Lipinski definition) is 3. The smallest absolute Gasteiger partial charge is 0.243 e. The van der Waals surface area contributed by atoms with Gasteiger partial charge in [-0.05, 0) is 26.2 Å². The highest BCUT2D eigenvalue weighted by Gasteiger charge is 2.27. The minimum atomic E-state index is -0.667. The number of nitrogens with zero attached hydrogens (tertiary/aromatic N) is 4. The second-order valence-electron chi connectivity index (χ2n) is 7.20. The lowest BCUT2D eigenvalue weighted by molar-refractivity contribution is -0.154. The Morgan fingerprint density at radius 1 is 1.39 bits per heavy atom. The van der Waals surface area contributed by atoms with Gasteiger partial charge < -0.3 is 4.90 Å². The van der Waals surface area contributed by atoms with Crippen LogP contribution in [-0.4, -0.2) is 52.7 Å². The number of anilines is 2. The zero-order chi connectivity index (χ0) is 20.7. The van der Waals surface area contributed by atoms with E-state index < -0.39 is 17.6 Å². The van der Waals surface area contributed by atoms with Crippen molar-refractivity contribution in [3.05, 3.63) is 11.6 Å². The molecule has 0 unspecified atom stereocenters. The van der Waals surface area contributed by atoms with E-state index in [1.54, 1.807) is 18.9 Å². The molecule has 1 heterocycles. The Balaban J connectivity index is 2.08. The van der Waals surface area contributed by atoms with Crippen LogP contribution in [0.2, 0.25) is 0 Å². The molecule has 2 amide bonds. The fraction of sp³-hybridized carbons (Fsp3) is 0.667. The molecule has 0 aliphatic heterocycles. The second kappa shape index (κ2) is 10.2. The summed E-state index contributed by atoms with van der Waals surface area (Å²) in [4.78, 5) is 33.1. The number of hydrazine groups is 1. The van der Waals surface area contributed by atoms with Gasteiger partial charge in [-0.15, -0.1) is 0 Å². The first kappa shape index (κ1) is 21.8. The average Bonchev–Trinajstić information content (AvgIpc) is 3.19. The number of amides is 2. The molecule has 1 atom stereocenters. The number of aryl methyl sites for hydroxylation is 1. The number of carbonyl (C=O) groups excluding carboxylic acids is 2. The zero-order valence-electron chi connectivity index (χ0n) is 16.6. The van der Waals surface area contributed by atoms with Gasteiger partial charge in [0.15, 0.2) is 11.6 Å². The van der Waals surface area contributed by atoms with E-state index in [0.29, 0.717) is 29.8 Å². The normalized spacial score (nSPS) is 15.2. The lowest BCUT2D eigenvalue weighted by Gasteiger charge is -2.23. The van der Waals surface area contributed by atoms with Crippen LogP contribution in [0.3, 0.4) is 0 Å². The summed E-state index contributed by atoms with van der Waals surface area (Å²) in [5, 5.41) is 9.98. The third-order valence-electron chi connectivity index (χ3n) is 5.08. The Morgan fingerprint density at radius 3 is 2.68 bits per heavy atom. The number of halogens is 1. The van der Waals surface area contributed by atoms with Crippen LogP contribution in [0.4, 0.5) is 16.0 Å². The molecule has 0 bridgehead atoms. The monoisotopic (exact) mass is 396 g/mol. The van der Waals surface area contributed by atoms with Crippen LogP contribution in [0.1, 0.15) is 44.9 Å². The van der Waals surface area contributed by atoms with Crippen molar-refractivity contribution in [2.75, 3.05) is 30.5 Å². The molecule has 1 fully saturated rings. The van der Waals surface area contributed by atoms with Gasteiger partial charge in [0, 0.05) is 13.6 Å². The molecule has 0 spiro atoms. The number of carbonyl (C=O) groups is 2. The molecule has 28 heavy (non-hydrogen) atoms. The van der Waals surface area contributed by atoms with Crippen molar-refractivity contribution in [3.63, 3.8) is 0 Å². The van der Waals surface area contributed by atoms with Crippen LogP contribution in [0, 0.1) is 24.6 Å². The van der Waals surface area contributed by atoms with Crippen LogP contribution in [0.25, 0.3) is 0 Å². The van der Waals surface area contributed by atoms with Crippen molar-refractivity contribution in [2.45, 2.75) is 46.0 Å². The molecule has 0 saturated heterocycles. The molecule has 1 saturated carbocycles. The fourth-order valence-corrected chi connectivity index (χ4v) is 3.43. The Hall–Kier alpha value is -2.49. The predicted octanol–water partition coefficient (Wildman–Crippen LogP) is 1.87. The van der Waals surface area contributed by atoms with Gasteiger partial charge in [-0.25, -0.2) is 15.0 Å². The molecule has 1 aromatic rings. The summed E-state index contributed by atoms with van der Waals surface area (Å²) in [5.74, 6) is -0.983. The van der Waals surface area contributed by atoms with E-state index in [1.807, 2.05) is 6.92 Å².